The lowest BCUT2D eigenvalue weighted by atomic mass is 10.2. The van der Waals surface area contributed by atoms with Crippen molar-refractivity contribution in [3.63, 3.8) is 0 Å². The minimum Gasteiger partial charge on any atom is -0.351 e. The van der Waals surface area contributed by atoms with E-state index in [4.69, 9.17) is 4.52 Å². The van der Waals surface area contributed by atoms with Gasteiger partial charge in [0, 0.05) is 32.2 Å². The Labute approximate surface area is 153 Å². The summed E-state index contributed by atoms with van der Waals surface area (Å²) in [5.41, 5.74) is -0.484. The summed E-state index contributed by atoms with van der Waals surface area (Å²) in [5, 5.41) is 3.63. The van der Waals surface area contributed by atoms with Crippen LogP contribution in [0.4, 0.5) is 13.2 Å². The largest absolute Gasteiger partial charge is 0.416 e. The van der Waals surface area contributed by atoms with Crippen molar-refractivity contribution in [3.8, 4) is 0 Å². The topological polar surface area (TPSA) is 83.7 Å². The third-order valence-electron chi connectivity index (χ3n) is 4.16. The van der Waals surface area contributed by atoms with Gasteiger partial charge in [-0.15, -0.1) is 0 Å². The monoisotopic (exact) mass is 403 g/mol. The fraction of sp³-hybridized carbons (Fsp3) is 0.375. The average Bonchev–Trinajstić information content (AvgIpc) is 3.07. The molecular formula is C16H16F3N3O4S. The number of amides is 1. The number of piperazine rings is 1. The summed E-state index contributed by atoms with van der Waals surface area (Å²) in [7, 11) is -4.09. The summed E-state index contributed by atoms with van der Waals surface area (Å²) in [6, 6.07) is 5.09. The molecular weight excluding hydrogens is 387 g/mol. The molecule has 146 valence electrons. The second-order valence-corrected chi connectivity index (χ2v) is 7.99. The number of sulfonamides is 1. The van der Waals surface area contributed by atoms with Crippen LogP contribution in [0.2, 0.25) is 0 Å². The Balaban J connectivity index is 1.72. The SMILES string of the molecule is Cc1cc(C(=O)N2CCN(S(=O)(=O)c3cccc(C(F)(F)F)c3)CC2)on1. The highest BCUT2D eigenvalue weighted by molar-refractivity contribution is 7.89. The van der Waals surface area contributed by atoms with E-state index < -0.39 is 32.6 Å². The van der Waals surface area contributed by atoms with E-state index in [0.717, 1.165) is 22.5 Å². The van der Waals surface area contributed by atoms with Crippen LogP contribution in [0.3, 0.4) is 0 Å². The van der Waals surface area contributed by atoms with Crippen LogP contribution in [0.15, 0.2) is 39.8 Å². The Kier molecular flexibility index (Phi) is 5.00. The van der Waals surface area contributed by atoms with E-state index >= 15 is 0 Å². The fourth-order valence-corrected chi connectivity index (χ4v) is 4.20. The van der Waals surface area contributed by atoms with Crippen LogP contribution in [0, 0.1) is 6.92 Å². The Hall–Kier alpha value is -2.40. The van der Waals surface area contributed by atoms with E-state index in [9.17, 15) is 26.4 Å². The Bertz CT molecular complexity index is 948. The molecule has 1 aliphatic rings. The molecule has 0 unspecified atom stereocenters. The zero-order chi connectivity index (χ0) is 19.8. The lowest BCUT2D eigenvalue weighted by molar-refractivity contribution is -0.137. The molecule has 0 N–H and O–H groups in total. The summed E-state index contributed by atoms with van der Waals surface area (Å²) >= 11 is 0. The Morgan fingerprint density at radius 2 is 1.81 bits per heavy atom. The van der Waals surface area contributed by atoms with Crippen LogP contribution in [-0.2, 0) is 16.2 Å². The molecule has 0 bridgehead atoms. The van der Waals surface area contributed by atoms with Crippen LogP contribution in [0.5, 0.6) is 0 Å². The van der Waals surface area contributed by atoms with Gasteiger partial charge in [-0.05, 0) is 25.1 Å². The summed E-state index contributed by atoms with van der Waals surface area (Å²) < 4.78 is 69.8. The summed E-state index contributed by atoms with van der Waals surface area (Å²) in [6.45, 7) is 1.79. The zero-order valence-corrected chi connectivity index (χ0v) is 15.0. The molecule has 1 aromatic heterocycles. The van der Waals surface area contributed by atoms with Gasteiger partial charge in [0.05, 0.1) is 16.2 Å². The minimum atomic E-state index is -4.63. The van der Waals surface area contributed by atoms with Gasteiger partial charge < -0.3 is 9.42 Å². The highest BCUT2D eigenvalue weighted by atomic mass is 32.2. The van der Waals surface area contributed by atoms with Gasteiger partial charge in [-0.2, -0.15) is 17.5 Å². The van der Waals surface area contributed by atoms with Gasteiger partial charge >= 0.3 is 6.18 Å². The third-order valence-corrected chi connectivity index (χ3v) is 6.06. The fourth-order valence-electron chi connectivity index (χ4n) is 2.73. The van der Waals surface area contributed by atoms with E-state index in [0.29, 0.717) is 11.8 Å². The van der Waals surface area contributed by atoms with E-state index in [1.165, 1.54) is 11.0 Å². The van der Waals surface area contributed by atoms with E-state index in [1.54, 1.807) is 6.92 Å². The number of carbonyl (C=O) groups excluding carboxylic acids is 1. The highest BCUT2D eigenvalue weighted by Gasteiger charge is 2.35. The van der Waals surface area contributed by atoms with Crippen LogP contribution >= 0.6 is 0 Å². The maximum absolute atomic E-state index is 12.8. The molecule has 1 fully saturated rings. The number of aryl methyl sites for hydroxylation is 1. The van der Waals surface area contributed by atoms with Gasteiger partial charge in [-0.3, -0.25) is 4.79 Å². The first kappa shape index (κ1) is 19.4. The third kappa shape index (κ3) is 3.98. The number of carbonyl (C=O) groups is 1. The van der Waals surface area contributed by atoms with Crippen LogP contribution in [0.1, 0.15) is 21.8 Å². The quantitative estimate of drug-likeness (QED) is 0.784. The lowest BCUT2D eigenvalue weighted by Gasteiger charge is -2.33. The second kappa shape index (κ2) is 6.97. The normalized spacial score (nSPS) is 16.5. The maximum atomic E-state index is 12.8. The van der Waals surface area contributed by atoms with Gasteiger partial charge in [-0.25, -0.2) is 8.42 Å². The molecule has 0 aliphatic carbocycles. The molecule has 1 amide bonds. The number of rotatable bonds is 3. The van der Waals surface area contributed by atoms with Crippen molar-refractivity contribution < 1.29 is 30.9 Å². The first-order valence-electron chi connectivity index (χ1n) is 7.99. The smallest absolute Gasteiger partial charge is 0.351 e. The Morgan fingerprint density at radius 3 is 2.37 bits per heavy atom. The number of hydrogen-bond acceptors (Lipinski definition) is 5. The van der Waals surface area contributed by atoms with Crippen molar-refractivity contribution in [2.45, 2.75) is 18.0 Å². The predicted molar refractivity (Wildman–Crippen MR) is 87.3 cm³/mol. The number of benzene rings is 1. The lowest BCUT2D eigenvalue weighted by Crippen LogP contribution is -2.50. The number of hydrogen-bond donors (Lipinski definition) is 0. The molecule has 7 nitrogen and oxygen atoms in total. The molecule has 11 heteroatoms. The van der Waals surface area contributed by atoms with Crippen LogP contribution < -0.4 is 0 Å². The average molecular weight is 403 g/mol. The van der Waals surface area contributed by atoms with Gasteiger partial charge in [0.1, 0.15) is 0 Å². The minimum absolute atomic E-state index is 0.0303. The summed E-state index contributed by atoms with van der Waals surface area (Å²) in [6.07, 6.45) is -4.63. The summed E-state index contributed by atoms with van der Waals surface area (Å²) in [4.78, 5) is 13.3. The van der Waals surface area contributed by atoms with Crippen LogP contribution in [-0.4, -0.2) is 54.9 Å². The number of aromatic nitrogens is 1. The van der Waals surface area contributed by atoms with Gasteiger partial charge in [-0.1, -0.05) is 11.2 Å². The molecule has 27 heavy (non-hydrogen) atoms. The molecule has 2 heterocycles. The highest BCUT2D eigenvalue weighted by Crippen LogP contribution is 2.31. The summed E-state index contributed by atoms with van der Waals surface area (Å²) in [5.74, 6) is -0.353. The van der Waals surface area contributed by atoms with Crippen molar-refractivity contribution >= 4 is 15.9 Å². The van der Waals surface area contributed by atoms with E-state index in [1.807, 2.05) is 0 Å². The van der Waals surface area contributed by atoms with Crippen molar-refractivity contribution in [2.24, 2.45) is 0 Å². The molecule has 3 rings (SSSR count). The van der Waals surface area contributed by atoms with Crippen molar-refractivity contribution in [1.82, 2.24) is 14.4 Å². The molecule has 0 atom stereocenters. The first-order valence-corrected chi connectivity index (χ1v) is 9.43. The number of halogens is 3. The van der Waals surface area contributed by atoms with E-state index in [-0.39, 0.29) is 31.9 Å². The molecule has 1 aromatic carbocycles. The Morgan fingerprint density at radius 1 is 1.15 bits per heavy atom. The van der Waals surface area contributed by atoms with Gasteiger partial charge in [0.2, 0.25) is 15.8 Å². The zero-order valence-electron chi connectivity index (χ0n) is 14.2. The molecule has 0 radical (unpaired) electrons. The molecule has 1 saturated heterocycles. The standard InChI is InChI=1S/C16H16F3N3O4S/c1-11-9-14(26-20-11)15(23)21-5-7-22(8-6-21)27(24,25)13-4-2-3-12(10-13)16(17,18)19/h2-4,9-10H,5-8H2,1H3. The second-order valence-electron chi connectivity index (χ2n) is 6.05. The maximum Gasteiger partial charge on any atom is 0.416 e. The number of nitrogens with zero attached hydrogens (tertiary/aromatic N) is 3. The first-order chi connectivity index (χ1) is 12.6. The van der Waals surface area contributed by atoms with Crippen molar-refractivity contribution in [3.05, 3.63) is 47.3 Å². The van der Waals surface area contributed by atoms with Crippen molar-refractivity contribution in [2.75, 3.05) is 26.2 Å². The molecule has 0 spiro atoms. The molecule has 2 aromatic rings. The molecule has 0 saturated carbocycles. The van der Waals surface area contributed by atoms with Gasteiger partial charge in [0.15, 0.2) is 0 Å². The van der Waals surface area contributed by atoms with E-state index in [2.05, 4.69) is 5.16 Å². The van der Waals surface area contributed by atoms with Crippen molar-refractivity contribution in [1.29, 1.82) is 0 Å². The van der Waals surface area contributed by atoms with Crippen LogP contribution in [0.25, 0.3) is 0 Å². The number of alkyl halides is 3. The predicted octanol–water partition coefficient (Wildman–Crippen LogP) is 2.15. The molecule has 1 aliphatic heterocycles. The van der Waals surface area contributed by atoms with Gasteiger partial charge in [0.25, 0.3) is 5.91 Å².